The second-order valence-corrected chi connectivity index (χ2v) is 4.35. The van der Waals surface area contributed by atoms with Crippen LogP contribution in [0.1, 0.15) is 13.8 Å². The number of carbonyl (C=O) groups excluding carboxylic acids is 1. The molecule has 1 aromatic carbocycles. The highest BCUT2D eigenvalue weighted by Crippen LogP contribution is 2.23. The van der Waals surface area contributed by atoms with E-state index in [1.165, 1.54) is 13.2 Å². The molecule has 100 valence electrons. The minimum Gasteiger partial charge on any atom is -0.375 e. The Hall–Kier alpha value is -1.62. The maximum atomic E-state index is 13.9. The lowest BCUT2D eigenvalue weighted by molar-refractivity contribution is -0.119. The smallest absolute Gasteiger partial charge is 0.250 e. The highest BCUT2D eigenvalue weighted by molar-refractivity contribution is 5.91. The number of nitrogens with one attached hydrogen (secondary N) is 1. The summed E-state index contributed by atoms with van der Waals surface area (Å²) in [6.45, 7) is 3.91. The fraction of sp³-hybridized carbons (Fsp3) is 0.462. The molecule has 4 nitrogen and oxygen atoms in total. The molecule has 0 fully saturated rings. The molecule has 0 heterocycles. The Bertz CT molecular complexity index is 421. The lowest BCUT2D eigenvalue weighted by atomic mass is 10.2. The number of carbonyl (C=O) groups is 1. The van der Waals surface area contributed by atoms with Crippen LogP contribution in [0.3, 0.4) is 0 Å². The summed E-state index contributed by atoms with van der Waals surface area (Å²) in [5.41, 5.74) is 0.935. The van der Waals surface area contributed by atoms with Gasteiger partial charge in [-0.15, -0.1) is 0 Å². The summed E-state index contributed by atoms with van der Waals surface area (Å²) in [6, 6.07) is 4.83. The van der Waals surface area contributed by atoms with Gasteiger partial charge in [-0.25, -0.2) is 4.39 Å². The van der Waals surface area contributed by atoms with Crippen LogP contribution < -0.4 is 10.2 Å². The minimum atomic E-state index is -0.360. The molecule has 1 aromatic rings. The quantitative estimate of drug-likeness (QED) is 0.876. The largest absolute Gasteiger partial charge is 0.375 e. The van der Waals surface area contributed by atoms with Gasteiger partial charge in [0.25, 0.3) is 0 Å². The summed E-state index contributed by atoms with van der Waals surface area (Å²) < 4.78 is 18.6. The molecular formula is C13H19FN2O2. The molecule has 0 saturated heterocycles. The summed E-state index contributed by atoms with van der Waals surface area (Å²) in [7, 11) is 3.26. The van der Waals surface area contributed by atoms with Gasteiger partial charge < -0.3 is 15.0 Å². The van der Waals surface area contributed by atoms with E-state index in [0.29, 0.717) is 11.4 Å². The van der Waals surface area contributed by atoms with Crippen LogP contribution in [0.25, 0.3) is 0 Å². The van der Waals surface area contributed by atoms with Gasteiger partial charge in [-0.2, -0.15) is 0 Å². The van der Waals surface area contributed by atoms with Gasteiger partial charge in [-0.05, 0) is 32.0 Å². The van der Waals surface area contributed by atoms with Crippen LogP contribution in [0.4, 0.5) is 15.8 Å². The Morgan fingerprint density at radius 1 is 1.50 bits per heavy atom. The van der Waals surface area contributed by atoms with E-state index in [2.05, 4.69) is 10.1 Å². The number of nitrogens with zero attached hydrogens (tertiary/aromatic N) is 1. The molecule has 0 aliphatic rings. The third-order valence-corrected chi connectivity index (χ3v) is 2.66. The standard InChI is InChI=1S/C13H19FN2O2/c1-9(2)16(3)12-6-5-10(7-11(12)14)15-13(17)8-18-4/h5-7,9H,8H2,1-4H3,(H,15,17). The number of amides is 1. The topological polar surface area (TPSA) is 41.6 Å². The fourth-order valence-corrected chi connectivity index (χ4v) is 1.48. The fourth-order valence-electron chi connectivity index (χ4n) is 1.48. The minimum absolute atomic E-state index is 0.0464. The van der Waals surface area contributed by atoms with Gasteiger partial charge in [0.05, 0.1) is 5.69 Å². The van der Waals surface area contributed by atoms with E-state index in [-0.39, 0.29) is 24.4 Å². The van der Waals surface area contributed by atoms with Gasteiger partial charge >= 0.3 is 0 Å². The van der Waals surface area contributed by atoms with Crippen LogP contribution in [0.5, 0.6) is 0 Å². The van der Waals surface area contributed by atoms with Crippen LogP contribution in [-0.4, -0.2) is 32.7 Å². The van der Waals surface area contributed by atoms with Crippen molar-refractivity contribution in [1.29, 1.82) is 0 Å². The summed E-state index contributed by atoms with van der Waals surface area (Å²) in [4.78, 5) is 13.1. The molecule has 0 radical (unpaired) electrons. The van der Waals surface area contributed by atoms with Gasteiger partial charge in [-0.1, -0.05) is 0 Å². The maximum Gasteiger partial charge on any atom is 0.250 e. The summed E-state index contributed by atoms with van der Waals surface area (Å²) >= 11 is 0. The zero-order chi connectivity index (χ0) is 13.7. The second-order valence-electron chi connectivity index (χ2n) is 4.35. The van der Waals surface area contributed by atoms with Gasteiger partial charge in [0, 0.05) is 25.9 Å². The number of benzene rings is 1. The molecule has 18 heavy (non-hydrogen) atoms. The average molecular weight is 254 g/mol. The number of anilines is 2. The molecule has 0 spiro atoms. The van der Waals surface area contributed by atoms with E-state index >= 15 is 0 Å². The molecule has 0 aliphatic heterocycles. The Kier molecular flexibility index (Phi) is 5.09. The van der Waals surface area contributed by atoms with E-state index in [1.807, 2.05) is 25.8 Å². The van der Waals surface area contributed by atoms with Crippen LogP contribution in [0, 0.1) is 5.82 Å². The first-order valence-corrected chi connectivity index (χ1v) is 5.77. The van der Waals surface area contributed by atoms with Crippen LogP contribution >= 0.6 is 0 Å². The zero-order valence-corrected chi connectivity index (χ0v) is 11.2. The van der Waals surface area contributed by atoms with Crippen LogP contribution in [0.15, 0.2) is 18.2 Å². The molecule has 0 atom stereocenters. The number of hydrogen-bond donors (Lipinski definition) is 1. The van der Waals surface area contributed by atoms with E-state index < -0.39 is 0 Å². The van der Waals surface area contributed by atoms with Crippen molar-refractivity contribution in [3.8, 4) is 0 Å². The van der Waals surface area contributed by atoms with Crippen molar-refractivity contribution >= 4 is 17.3 Å². The Morgan fingerprint density at radius 2 is 2.17 bits per heavy atom. The average Bonchev–Trinajstić information content (AvgIpc) is 2.28. The number of rotatable bonds is 5. The van der Waals surface area contributed by atoms with E-state index in [9.17, 15) is 9.18 Å². The number of halogens is 1. The van der Waals surface area contributed by atoms with Crippen molar-refractivity contribution in [2.75, 3.05) is 31.0 Å². The third-order valence-electron chi connectivity index (χ3n) is 2.66. The van der Waals surface area contributed by atoms with Crippen molar-refractivity contribution in [2.24, 2.45) is 0 Å². The highest BCUT2D eigenvalue weighted by atomic mass is 19.1. The van der Waals surface area contributed by atoms with Crippen LogP contribution in [0.2, 0.25) is 0 Å². The molecule has 1 N–H and O–H groups in total. The molecule has 1 amide bonds. The predicted molar refractivity (Wildman–Crippen MR) is 70.4 cm³/mol. The normalized spacial score (nSPS) is 10.6. The van der Waals surface area contributed by atoms with E-state index in [0.717, 1.165) is 0 Å². The summed E-state index contributed by atoms with van der Waals surface area (Å²) in [5.74, 6) is -0.664. The molecule has 5 heteroatoms. The molecule has 0 aliphatic carbocycles. The Morgan fingerprint density at radius 3 is 2.67 bits per heavy atom. The maximum absolute atomic E-state index is 13.9. The third kappa shape index (κ3) is 3.70. The van der Waals surface area contributed by atoms with Crippen LogP contribution in [-0.2, 0) is 9.53 Å². The van der Waals surface area contributed by atoms with Gasteiger partial charge in [-0.3, -0.25) is 4.79 Å². The number of methoxy groups -OCH3 is 1. The van der Waals surface area contributed by atoms with Crippen molar-refractivity contribution in [3.63, 3.8) is 0 Å². The number of hydrogen-bond acceptors (Lipinski definition) is 3. The SMILES string of the molecule is COCC(=O)Nc1ccc(N(C)C(C)C)c(F)c1. The lowest BCUT2D eigenvalue weighted by Gasteiger charge is -2.24. The van der Waals surface area contributed by atoms with Crippen molar-refractivity contribution in [3.05, 3.63) is 24.0 Å². The van der Waals surface area contributed by atoms with Gasteiger partial charge in [0.1, 0.15) is 12.4 Å². The molecular weight excluding hydrogens is 235 g/mol. The van der Waals surface area contributed by atoms with Gasteiger partial charge in [0.15, 0.2) is 0 Å². The number of ether oxygens (including phenoxy) is 1. The summed E-state index contributed by atoms with van der Waals surface area (Å²) in [5, 5.41) is 2.56. The van der Waals surface area contributed by atoms with E-state index in [1.54, 1.807) is 12.1 Å². The molecule has 0 aromatic heterocycles. The zero-order valence-electron chi connectivity index (χ0n) is 11.2. The van der Waals surface area contributed by atoms with Crippen molar-refractivity contribution in [2.45, 2.75) is 19.9 Å². The van der Waals surface area contributed by atoms with Crippen molar-refractivity contribution in [1.82, 2.24) is 0 Å². The molecule has 1 rings (SSSR count). The molecule has 0 unspecified atom stereocenters. The lowest BCUT2D eigenvalue weighted by Crippen LogP contribution is -2.26. The van der Waals surface area contributed by atoms with E-state index in [4.69, 9.17) is 0 Å². The molecule has 0 bridgehead atoms. The first kappa shape index (κ1) is 14.4. The Balaban J connectivity index is 2.82. The Labute approximate surface area is 107 Å². The second kappa shape index (κ2) is 6.35. The monoisotopic (exact) mass is 254 g/mol. The first-order chi connectivity index (χ1) is 8.45. The first-order valence-electron chi connectivity index (χ1n) is 5.77. The molecule has 0 saturated carbocycles. The predicted octanol–water partition coefficient (Wildman–Crippen LogP) is 2.26. The van der Waals surface area contributed by atoms with Crippen molar-refractivity contribution < 1.29 is 13.9 Å². The van der Waals surface area contributed by atoms with Gasteiger partial charge in [0.2, 0.25) is 5.91 Å². The highest BCUT2D eigenvalue weighted by Gasteiger charge is 2.11. The summed E-state index contributed by atoms with van der Waals surface area (Å²) in [6.07, 6.45) is 0.